The zero-order chi connectivity index (χ0) is 14.7. The summed E-state index contributed by atoms with van der Waals surface area (Å²) in [6.07, 6.45) is 3.32. The summed E-state index contributed by atoms with van der Waals surface area (Å²) in [5, 5.41) is 0.592. The molecular formula is C15H13ClN4O. The number of benzene rings is 2. The summed E-state index contributed by atoms with van der Waals surface area (Å²) < 4.78 is 5.04. The van der Waals surface area contributed by atoms with E-state index in [0.29, 0.717) is 10.8 Å². The third-order valence-electron chi connectivity index (χ3n) is 3.02. The van der Waals surface area contributed by atoms with E-state index < -0.39 is 0 Å². The van der Waals surface area contributed by atoms with Crippen molar-refractivity contribution in [2.45, 2.75) is 0 Å². The van der Waals surface area contributed by atoms with Gasteiger partial charge in [0.1, 0.15) is 5.75 Å². The molecule has 0 aliphatic rings. The minimum Gasteiger partial charge on any atom is -0.495 e. The molecule has 0 radical (unpaired) electrons. The van der Waals surface area contributed by atoms with Gasteiger partial charge in [0, 0.05) is 6.07 Å². The monoisotopic (exact) mass is 300 g/mol. The van der Waals surface area contributed by atoms with Crippen LogP contribution in [0.1, 0.15) is 0 Å². The van der Waals surface area contributed by atoms with Crippen LogP contribution in [0.4, 0.5) is 0 Å². The Morgan fingerprint density at radius 3 is 2.43 bits per heavy atom. The molecule has 0 atom stereocenters. The summed E-state index contributed by atoms with van der Waals surface area (Å²) in [6.45, 7) is 0. The van der Waals surface area contributed by atoms with Crippen LogP contribution in [0.2, 0.25) is 5.02 Å². The van der Waals surface area contributed by atoms with Crippen molar-refractivity contribution >= 4 is 33.7 Å². The second-order valence-electron chi connectivity index (χ2n) is 4.33. The standard InChI is InChI=1S/C8H7ClN2O.C7H6N2/c1-12-8-3-7-6(2-5(8)9)10-4-11-7;1-2-4-7-6(3-1)8-5-9-7/h2-4H,1H3,(H,10,11);1-5H,(H,8,9). The molecule has 0 bridgehead atoms. The summed E-state index contributed by atoms with van der Waals surface area (Å²) in [5.74, 6) is 0.649. The fraction of sp³-hybridized carbons (Fsp3) is 0.0667. The average molecular weight is 301 g/mol. The highest BCUT2D eigenvalue weighted by Gasteiger charge is 2.03. The third-order valence-corrected chi connectivity index (χ3v) is 3.32. The van der Waals surface area contributed by atoms with Crippen LogP contribution in [0.3, 0.4) is 0 Å². The predicted molar refractivity (Wildman–Crippen MR) is 83.7 cm³/mol. The van der Waals surface area contributed by atoms with Crippen LogP contribution in [-0.2, 0) is 0 Å². The molecular weight excluding hydrogens is 288 g/mol. The van der Waals surface area contributed by atoms with E-state index in [-0.39, 0.29) is 0 Å². The highest BCUT2D eigenvalue weighted by Crippen LogP contribution is 2.27. The van der Waals surface area contributed by atoms with E-state index in [9.17, 15) is 0 Å². The predicted octanol–water partition coefficient (Wildman–Crippen LogP) is 3.79. The average Bonchev–Trinajstić information content (AvgIpc) is 3.15. The van der Waals surface area contributed by atoms with E-state index in [2.05, 4.69) is 19.9 Å². The van der Waals surface area contributed by atoms with Crippen molar-refractivity contribution in [2.75, 3.05) is 7.11 Å². The lowest BCUT2D eigenvalue weighted by atomic mass is 10.3. The van der Waals surface area contributed by atoms with Crippen molar-refractivity contribution < 1.29 is 4.74 Å². The normalized spacial score (nSPS) is 10.4. The van der Waals surface area contributed by atoms with Crippen molar-refractivity contribution in [1.82, 2.24) is 19.9 Å². The summed E-state index contributed by atoms with van der Waals surface area (Å²) >= 11 is 5.89. The Bertz CT molecular complexity index is 838. The number of fused-ring (bicyclic) bond motifs is 2. The first kappa shape index (κ1) is 13.5. The maximum absolute atomic E-state index is 5.89. The number of nitrogens with zero attached hydrogens (tertiary/aromatic N) is 2. The molecule has 4 rings (SSSR count). The Balaban J connectivity index is 0.000000131. The Labute approximate surface area is 125 Å². The van der Waals surface area contributed by atoms with Gasteiger partial charge in [-0.2, -0.15) is 0 Å². The SMILES string of the molecule is COc1cc2nc[nH]c2cc1Cl.c1ccc2[nH]cnc2c1. The van der Waals surface area contributed by atoms with Gasteiger partial charge >= 0.3 is 0 Å². The number of hydrogen-bond donors (Lipinski definition) is 2. The lowest BCUT2D eigenvalue weighted by Gasteiger charge is -2.00. The Hall–Kier alpha value is -2.53. The molecule has 106 valence electrons. The van der Waals surface area contributed by atoms with E-state index in [1.54, 1.807) is 31.9 Å². The summed E-state index contributed by atoms with van der Waals surface area (Å²) in [6, 6.07) is 11.5. The smallest absolute Gasteiger partial charge is 0.139 e. The number of methoxy groups -OCH3 is 1. The summed E-state index contributed by atoms with van der Waals surface area (Å²) in [7, 11) is 1.58. The molecule has 0 aliphatic carbocycles. The quantitative estimate of drug-likeness (QED) is 0.562. The molecule has 6 heteroatoms. The van der Waals surface area contributed by atoms with Crippen LogP contribution in [0.25, 0.3) is 22.1 Å². The first-order chi connectivity index (χ1) is 10.3. The van der Waals surface area contributed by atoms with Crippen molar-refractivity contribution in [3.05, 3.63) is 54.1 Å². The molecule has 0 saturated heterocycles. The Kier molecular flexibility index (Phi) is 3.75. The number of imidazole rings is 2. The highest BCUT2D eigenvalue weighted by molar-refractivity contribution is 6.32. The fourth-order valence-corrected chi connectivity index (χ4v) is 2.21. The van der Waals surface area contributed by atoms with Gasteiger partial charge in [-0.05, 0) is 18.2 Å². The minimum absolute atomic E-state index is 0.592. The zero-order valence-electron chi connectivity index (χ0n) is 11.3. The second kappa shape index (κ2) is 5.85. The van der Waals surface area contributed by atoms with E-state index in [0.717, 1.165) is 22.1 Å². The molecule has 2 heterocycles. The maximum Gasteiger partial charge on any atom is 0.139 e. The number of hydrogen-bond acceptors (Lipinski definition) is 3. The Morgan fingerprint density at radius 1 is 0.952 bits per heavy atom. The first-order valence-corrected chi connectivity index (χ1v) is 6.70. The molecule has 0 saturated carbocycles. The van der Waals surface area contributed by atoms with Gasteiger partial charge in [-0.25, -0.2) is 9.97 Å². The number of para-hydroxylation sites is 2. The van der Waals surface area contributed by atoms with Crippen LogP contribution in [0, 0.1) is 0 Å². The first-order valence-electron chi connectivity index (χ1n) is 6.32. The summed E-state index contributed by atoms with van der Waals surface area (Å²) in [4.78, 5) is 14.1. The van der Waals surface area contributed by atoms with Crippen LogP contribution >= 0.6 is 11.6 Å². The molecule has 0 aliphatic heterocycles. The van der Waals surface area contributed by atoms with Gasteiger partial charge in [-0.3, -0.25) is 0 Å². The van der Waals surface area contributed by atoms with E-state index in [1.807, 2.05) is 24.3 Å². The van der Waals surface area contributed by atoms with Gasteiger partial charge in [0.05, 0.1) is 46.9 Å². The topological polar surface area (TPSA) is 66.6 Å². The molecule has 0 amide bonds. The highest BCUT2D eigenvalue weighted by atomic mass is 35.5. The lowest BCUT2D eigenvalue weighted by Crippen LogP contribution is -1.83. The number of aromatic amines is 2. The van der Waals surface area contributed by atoms with Gasteiger partial charge < -0.3 is 14.7 Å². The van der Waals surface area contributed by atoms with Gasteiger partial charge in [0.2, 0.25) is 0 Å². The number of rotatable bonds is 1. The maximum atomic E-state index is 5.89. The molecule has 2 aromatic carbocycles. The largest absolute Gasteiger partial charge is 0.495 e. The van der Waals surface area contributed by atoms with E-state index in [4.69, 9.17) is 16.3 Å². The Morgan fingerprint density at radius 2 is 1.67 bits per heavy atom. The minimum atomic E-state index is 0.592. The zero-order valence-corrected chi connectivity index (χ0v) is 12.1. The molecule has 2 N–H and O–H groups in total. The molecule has 4 aromatic rings. The number of H-pyrrole nitrogens is 2. The molecule has 0 fully saturated rings. The number of ether oxygens (including phenoxy) is 1. The van der Waals surface area contributed by atoms with Gasteiger partial charge in [0.25, 0.3) is 0 Å². The summed E-state index contributed by atoms with van der Waals surface area (Å²) in [5.41, 5.74) is 3.90. The fourth-order valence-electron chi connectivity index (χ4n) is 1.97. The van der Waals surface area contributed by atoms with Crippen molar-refractivity contribution in [2.24, 2.45) is 0 Å². The van der Waals surface area contributed by atoms with E-state index >= 15 is 0 Å². The van der Waals surface area contributed by atoms with Crippen LogP contribution < -0.4 is 4.74 Å². The number of halogens is 1. The molecule has 0 unspecified atom stereocenters. The van der Waals surface area contributed by atoms with Crippen LogP contribution in [0.15, 0.2) is 49.1 Å². The van der Waals surface area contributed by atoms with Crippen molar-refractivity contribution in [3.8, 4) is 5.75 Å². The molecule has 5 nitrogen and oxygen atoms in total. The lowest BCUT2D eigenvalue weighted by molar-refractivity contribution is 0.415. The molecule has 21 heavy (non-hydrogen) atoms. The van der Waals surface area contributed by atoms with Gasteiger partial charge in [0.15, 0.2) is 0 Å². The number of aromatic nitrogens is 4. The molecule has 2 aromatic heterocycles. The van der Waals surface area contributed by atoms with Crippen LogP contribution in [0.5, 0.6) is 5.75 Å². The second-order valence-corrected chi connectivity index (χ2v) is 4.73. The van der Waals surface area contributed by atoms with Gasteiger partial charge in [-0.15, -0.1) is 0 Å². The van der Waals surface area contributed by atoms with E-state index in [1.165, 1.54) is 0 Å². The van der Waals surface area contributed by atoms with Crippen molar-refractivity contribution in [1.29, 1.82) is 0 Å². The third kappa shape index (κ3) is 2.83. The molecule has 0 spiro atoms. The van der Waals surface area contributed by atoms with Gasteiger partial charge in [-0.1, -0.05) is 23.7 Å². The van der Waals surface area contributed by atoms with Crippen LogP contribution in [-0.4, -0.2) is 27.0 Å². The van der Waals surface area contributed by atoms with Crippen molar-refractivity contribution in [3.63, 3.8) is 0 Å². The number of nitrogens with one attached hydrogen (secondary N) is 2.